The van der Waals surface area contributed by atoms with E-state index in [4.69, 9.17) is 17.9 Å². The number of benzene rings is 10. The summed E-state index contributed by atoms with van der Waals surface area (Å²) in [5.41, 5.74) is 4.40. The van der Waals surface area contributed by atoms with Crippen LogP contribution in [-0.4, -0.2) is 22.2 Å². The van der Waals surface area contributed by atoms with E-state index in [-0.39, 0.29) is 54.4 Å². The number of ether oxygens (including phenoxy) is 1. The summed E-state index contributed by atoms with van der Waals surface area (Å²) in [6.45, 7) is 6.52. The van der Waals surface area contributed by atoms with Crippen LogP contribution in [0.25, 0.3) is 72.3 Å². The number of hydrogen-bond acceptors (Lipinski definition) is 2. The van der Waals surface area contributed by atoms with Gasteiger partial charge < -0.3 is 13.9 Å². The van der Waals surface area contributed by atoms with Gasteiger partial charge in [-0.2, -0.15) is 18.2 Å². The Bertz CT molecular complexity index is 4620. The van der Waals surface area contributed by atoms with Gasteiger partial charge in [0, 0.05) is 44.3 Å². The van der Waals surface area contributed by atoms with Gasteiger partial charge in [0.25, 0.3) is 6.33 Å². The van der Waals surface area contributed by atoms with E-state index < -0.39 is 68.5 Å². The number of aromatic nitrogens is 4. The van der Waals surface area contributed by atoms with E-state index in [9.17, 15) is 5.48 Å². The molecule has 0 unspecified atom stereocenters. The molecule has 0 saturated heterocycles. The zero-order chi connectivity index (χ0) is 59.9. The van der Waals surface area contributed by atoms with Crippen LogP contribution in [0.3, 0.4) is 0 Å². The maximum atomic E-state index is 9.33. The molecule has 13 rings (SSSR count). The minimum atomic E-state index is -3.24. The molecule has 0 fully saturated rings. The van der Waals surface area contributed by atoms with Crippen molar-refractivity contribution in [2.45, 2.75) is 26.2 Å². The fourth-order valence-corrected chi connectivity index (χ4v) is 15.4. The van der Waals surface area contributed by atoms with E-state index in [0.29, 0.717) is 28.2 Å². The Balaban J connectivity index is 0.00000739. The monoisotopic (exact) mass is 1200 g/mol. The van der Waals surface area contributed by atoms with Gasteiger partial charge in [-0.1, -0.05) is 232 Å². The SMILES string of the molecule is [2H]c1c([2H])c([2H])c(-c2cccc(-c3c([2H])c([2H])c([2H])c([2H])c3[2H])c2-[n+]2[c-]n(-c3[c-]c(Oc4[c-]c5c(cc4)c4ccccc4n5-c4cc(C(C)(C)C)ccn4)ccc3)c3cc([Si](c4ccccc4)(c4ccccc4)c4ccccc4)ccc32)c([2H])c1[2H].[Pt]. The fraction of sp³-hybridized carbons (Fsp3) is 0.0571. The molecular weight excluding hydrogens is 1140 g/mol. The van der Waals surface area contributed by atoms with Crippen LogP contribution in [0.4, 0.5) is 0 Å². The van der Waals surface area contributed by atoms with E-state index in [1.54, 1.807) is 28.8 Å². The Morgan fingerprint density at radius 3 is 1.74 bits per heavy atom. The predicted molar refractivity (Wildman–Crippen MR) is 313 cm³/mol. The molecule has 0 aliphatic carbocycles. The van der Waals surface area contributed by atoms with Crippen molar-refractivity contribution in [3.05, 3.63) is 285 Å². The minimum Gasteiger partial charge on any atom is -0.510 e. The Morgan fingerprint density at radius 2 is 1.12 bits per heavy atom. The molecule has 0 radical (unpaired) electrons. The van der Waals surface area contributed by atoms with Crippen molar-refractivity contribution < 1.29 is 44.1 Å². The van der Waals surface area contributed by atoms with E-state index in [0.717, 1.165) is 53.9 Å². The van der Waals surface area contributed by atoms with Crippen LogP contribution in [0.15, 0.2) is 261 Å². The number of nitrogens with zero attached hydrogens (tertiary/aromatic N) is 4. The number of fused-ring (bicyclic) bond motifs is 4. The van der Waals surface area contributed by atoms with Crippen LogP contribution in [0.2, 0.25) is 0 Å². The number of rotatable bonds is 11. The average Bonchev–Trinajstić information content (AvgIpc) is 1.79. The van der Waals surface area contributed by atoms with Gasteiger partial charge in [-0.3, -0.25) is 4.57 Å². The average molecular weight is 1200 g/mol. The summed E-state index contributed by atoms with van der Waals surface area (Å²) in [6.07, 6.45) is 5.45. The third kappa shape index (κ3) is 8.84. The molecule has 0 saturated carbocycles. The van der Waals surface area contributed by atoms with E-state index >= 15 is 0 Å². The normalized spacial score (nSPS) is 13.5. The first kappa shape index (κ1) is 38.8. The second-order valence-corrected chi connectivity index (χ2v) is 23.4. The molecule has 10 aromatic carbocycles. The third-order valence-electron chi connectivity index (χ3n) is 14.1. The third-order valence-corrected chi connectivity index (χ3v) is 18.9. The summed E-state index contributed by atoms with van der Waals surface area (Å²) in [5, 5.41) is 6.35. The van der Waals surface area contributed by atoms with Gasteiger partial charge in [0.15, 0.2) is 8.07 Å². The predicted octanol–water partition coefficient (Wildman–Crippen LogP) is 13.6. The van der Waals surface area contributed by atoms with Crippen LogP contribution >= 0.6 is 0 Å². The Kier molecular flexibility index (Phi) is 10.3. The van der Waals surface area contributed by atoms with Gasteiger partial charge in [0.1, 0.15) is 5.82 Å². The van der Waals surface area contributed by atoms with Crippen molar-refractivity contribution in [3.63, 3.8) is 0 Å². The summed E-state index contributed by atoms with van der Waals surface area (Å²) in [7, 11) is -3.24. The molecule has 0 N–H and O–H groups in total. The summed E-state index contributed by atoms with van der Waals surface area (Å²) in [4.78, 5) is 4.86. The molecule has 3 aromatic heterocycles. The molecule has 0 amide bonds. The molecule has 77 heavy (non-hydrogen) atoms. The number of pyridine rings is 1. The van der Waals surface area contributed by atoms with Crippen LogP contribution in [-0.2, 0) is 26.5 Å². The van der Waals surface area contributed by atoms with Gasteiger partial charge in [-0.15, -0.1) is 29.7 Å². The Labute approximate surface area is 479 Å². The van der Waals surface area contributed by atoms with Crippen LogP contribution in [0.1, 0.15) is 40.0 Å². The second-order valence-electron chi connectivity index (χ2n) is 19.6. The fourth-order valence-electron chi connectivity index (χ4n) is 10.6. The van der Waals surface area contributed by atoms with Crippen molar-refractivity contribution in [2.75, 3.05) is 0 Å². The molecule has 0 aliphatic rings. The summed E-state index contributed by atoms with van der Waals surface area (Å²) < 4.78 is 102. The van der Waals surface area contributed by atoms with Crippen LogP contribution < -0.4 is 30.1 Å². The first-order chi connectivity index (χ1) is 41.5. The molecular formula is C70H52N4OPtSi-2. The van der Waals surface area contributed by atoms with Crippen molar-refractivity contribution >= 4 is 61.7 Å². The quantitative estimate of drug-likeness (QED) is 0.0560. The maximum Gasteiger partial charge on any atom is 0.268 e. The second kappa shape index (κ2) is 20.5. The molecule has 0 spiro atoms. The number of hydrogen-bond donors (Lipinski definition) is 0. The van der Waals surface area contributed by atoms with Crippen molar-refractivity contribution in [1.29, 1.82) is 0 Å². The molecule has 7 heteroatoms. The number of para-hydroxylation sites is 2. The summed E-state index contributed by atoms with van der Waals surface area (Å²) in [5.74, 6) is 1.50. The zero-order valence-electron chi connectivity index (χ0n) is 52.1. The smallest absolute Gasteiger partial charge is 0.268 e. The molecule has 13 aromatic rings. The zero-order valence-corrected chi connectivity index (χ0v) is 45.3. The van der Waals surface area contributed by atoms with E-state index in [1.807, 2.05) is 77.5 Å². The van der Waals surface area contributed by atoms with E-state index in [2.05, 4.69) is 147 Å². The topological polar surface area (TPSA) is 35.9 Å². The number of imidazole rings is 1. The summed E-state index contributed by atoms with van der Waals surface area (Å²) in [6, 6.07) is 65.9. The molecule has 374 valence electrons. The van der Waals surface area contributed by atoms with Gasteiger partial charge in [-0.05, 0) is 83.3 Å². The van der Waals surface area contributed by atoms with Crippen LogP contribution in [0, 0.1) is 18.5 Å². The molecule has 5 nitrogen and oxygen atoms in total. The maximum absolute atomic E-state index is 9.33. The van der Waals surface area contributed by atoms with E-state index in [1.165, 1.54) is 0 Å². The molecule has 0 atom stereocenters. The Morgan fingerprint density at radius 1 is 0.532 bits per heavy atom. The largest absolute Gasteiger partial charge is 0.510 e. The minimum absolute atomic E-state index is 0. The Hall–Kier alpha value is -8.67. The van der Waals surface area contributed by atoms with Crippen LogP contribution in [0.5, 0.6) is 11.5 Å². The van der Waals surface area contributed by atoms with Gasteiger partial charge >= 0.3 is 0 Å². The standard InChI is InChI=1S/C70H52N4OSi.Pt/c1-70(2,3)52-43-44-71-68(45-52)74-64-38-20-19-35-62(64)63-41-39-55(47-66(63)74)75-54-28-21-27-53(46-54)72-49-73(69-60(50-23-9-4-10-24-50)36-22-37-61(69)51-25-11-5-12-26-51)65-42-40-59(48-67(65)72)76(56-29-13-6-14-30-56,57-31-15-7-16-32-57)58-33-17-8-18-34-58;/h4-45,48H,1-3H3;/q-2;/i4D,5D,9D,10D,11D,12D,23D,24D,25D,26D;. The van der Waals surface area contributed by atoms with Crippen molar-refractivity contribution in [2.24, 2.45) is 0 Å². The first-order valence-corrected chi connectivity index (χ1v) is 27.0. The molecule has 0 bridgehead atoms. The first-order valence-electron chi connectivity index (χ1n) is 30.0. The van der Waals surface area contributed by atoms with Crippen molar-refractivity contribution in [3.8, 4) is 50.9 Å². The van der Waals surface area contributed by atoms with Crippen molar-refractivity contribution in [1.82, 2.24) is 14.1 Å². The molecule has 0 aliphatic heterocycles. The van der Waals surface area contributed by atoms with Gasteiger partial charge in [0.05, 0.1) is 30.4 Å². The summed E-state index contributed by atoms with van der Waals surface area (Å²) >= 11 is 0. The van der Waals surface area contributed by atoms with Gasteiger partial charge in [-0.25, -0.2) is 4.98 Å². The molecule has 3 heterocycles. The van der Waals surface area contributed by atoms with Gasteiger partial charge in [0.2, 0.25) is 0 Å².